The minimum atomic E-state index is 0.184. The van der Waals surface area contributed by atoms with E-state index in [2.05, 4.69) is 19.0 Å². The zero-order valence-electron chi connectivity index (χ0n) is 7.89. The summed E-state index contributed by atoms with van der Waals surface area (Å²) in [4.78, 5) is 2.22. The molecule has 0 aromatic rings. The van der Waals surface area contributed by atoms with E-state index in [-0.39, 0.29) is 5.60 Å². The van der Waals surface area contributed by atoms with Crippen LogP contribution in [0.25, 0.3) is 0 Å². The average molecular weight is 157 g/mol. The normalized spacial score (nSPS) is 22.9. The molecule has 0 aromatic heterocycles. The van der Waals surface area contributed by atoms with Crippen molar-refractivity contribution in [3.05, 3.63) is 0 Å². The lowest BCUT2D eigenvalue weighted by molar-refractivity contribution is -0.0222. The first-order chi connectivity index (χ1) is 5.18. The predicted octanol–water partition coefficient (Wildman–Crippen LogP) is 1.51. The van der Waals surface area contributed by atoms with Crippen LogP contribution in [0.5, 0.6) is 0 Å². The number of methoxy groups -OCH3 is 1. The standard InChI is InChI=1S/C9H19NO/c1-10(2)8-9(11-3)6-4-5-7-9/h4-8H2,1-3H3. The predicted molar refractivity (Wildman–Crippen MR) is 46.8 cm³/mol. The van der Waals surface area contributed by atoms with Gasteiger partial charge in [0, 0.05) is 13.7 Å². The van der Waals surface area contributed by atoms with Crippen LogP contribution < -0.4 is 0 Å². The van der Waals surface area contributed by atoms with Gasteiger partial charge in [0.2, 0.25) is 0 Å². The lowest BCUT2D eigenvalue weighted by Crippen LogP contribution is -2.39. The minimum absolute atomic E-state index is 0.184. The molecule has 66 valence electrons. The van der Waals surface area contributed by atoms with Gasteiger partial charge in [-0.2, -0.15) is 0 Å². The molecule has 0 aromatic carbocycles. The Labute approximate surface area is 69.5 Å². The van der Waals surface area contributed by atoms with E-state index in [1.807, 2.05) is 7.11 Å². The maximum atomic E-state index is 5.57. The summed E-state index contributed by atoms with van der Waals surface area (Å²) in [5, 5.41) is 0. The Morgan fingerprint density at radius 2 is 1.82 bits per heavy atom. The molecule has 1 rings (SSSR count). The molecule has 0 heterocycles. The number of hydrogen-bond acceptors (Lipinski definition) is 2. The Hall–Kier alpha value is -0.0800. The first kappa shape index (κ1) is 9.01. The number of nitrogens with zero attached hydrogens (tertiary/aromatic N) is 1. The van der Waals surface area contributed by atoms with E-state index >= 15 is 0 Å². The zero-order valence-corrected chi connectivity index (χ0v) is 7.89. The van der Waals surface area contributed by atoms with Gasteiger partial charge in [0.1, 0.15) is 0 Å². The SMILES string of the molecule is COC1(CN(C)C)CCCC1. The van der Waals surface area contributed by atoms with E-state index in [0.717, 1.165) is 6.54 Å². The summed E-state index contributed by atoms with van der Waals surface area (Å²) >= 11 is 0. The summed E-state index contributed by atoms with van der Waals surface area (Å²) in [5.74, 6) is 0. The number of ether oxygens (including phenoxy) is 1. The van der Waals surface area contributed by atoms with E-state index in [1.54, 1.807) is 0 Å². The largest absolute Gasteiger partial charge is 0.377 e. The average Bonchev–Trinajstić information content (AvgIpc) is 2.36. The highest BCUT2D eigenvalue weighted by atomic mass is 16.5. The van der Waals surface area contributed by atoms with E-state index in [9.17, 15) is 0 Å². The van der Waals surface area contributed by atoms with Crippen molar-refractivity contribution in [2.75, 3.05) is 27.7 Å². The summed E-state index contributed by atoms with van der Waals surface area (Å²) in [6, 6.07) is 0. The van der Waals surface area contributed by atoms with Crippen LogP contribution in [0.2, 0.25) is 0 Å². The van der Waals surface area contributed by atoms with Gasteiger partial charge < -0.3 is 9.64 Å². The van der Waals surface area contributed by atoms with Gasteiger partial charge in [0.25, 0.3) is 0 Å². The number of hydrogen-bond donors (Lipinski definition) is 0. The van der Waals surface area contributed by atoms with Crippen molar-refractivity contribution >= 4 is 0 Å². The lowest BCUT2D eigenvalue weighted by Gasteiger charge is -2.30. The van der Waals surface area contributed by atoms with E-state index in [4.69, 9.17) is 4.74 Å². The van der Waals surface area contributed by atoms with Crippen LogP contribution in [0.15, 0.2) is 0 Å². The second-order valence-corrected chi connectivity index (χ2v) is 3.83. The van der Waals surface area contributed by atoms with Crippen molar-refractivity contribution in [3.8, 4) is 0 Å². The molecule has 0 aliphatic heterocycles. The molecule has 0 saturated heterocycles. The molecule has 11 heavy (non-hydrogen) atoms. The summed E-state index contributed by atoms with van der Waals surface area (Å²) in [5.41, 5.74) is 0.184. The topological polar surface area (TPSA) is 12.5 Å². The van der Waals surface area contributed by atoms with E-state index in [0.29, 0.717) is 0 Å². The molecule has 1 aliphatic carbocycles. The van der Waals surface area contributed by atoms with Gasteiger partial charge in [-0.25, -0.2) is 0 Å². The summed E-state index contributed by atoms with van der Waals surface area (Å²) in [6.07, 6.45) is 5.15. The summed E-state index contributed by atoms with van der Waals surface area (Å²) < 4.78 is 5.57. The Bertz CT molecular complexity index is 117. The highest BCUT2D eigenvalue weighted by molar-refractivity contribution is 4.87. The lowest BCUT2D eigenvalue weighted by atomic mass is 10.0. The van der Waals surface area contributed by atoms with Crippen molar-refractivity contribution in [2.24, 2.45) is 0 Å². The van der Waals surface area contributed by atoms with Gasteiger partial charge in [-0.05, 0) is 26.9 Å². The summed E-state index contributed by atoms with van der Waals surface area (Å²) in [7, 11) is 6.06. The highest BCUT2D eigenvalue weighted by Gasteiger charge is 2.33. The first-order valence-electron chi connectivity index (χ1n) is 4.38. The van der Waals surface area contributed by atoms with Crippen LogP contribution in [-0.4, -0.2) is 38.3 Å². The molecule has 0 bridgehead atoms. The van der Waals surface area contributed by atoms with E-state index in [1.165, 1.54) is 25.7 Å². The fourth-order valence-electron chi connectivity index (χ4n) is 2.02. The Morgan fingerprint density at radius 3 is 2.18 bits per heavy atom. The van der Waals surface area contributed by atoms with Gasteiger partial charge in [-0.3, -0.25) is 0 Å². The van der Waals surface area contributed by atoms with Crippen molar-refractivity contribution in [1.29, 1.82) is 0 Å². The third kappa shape index (κ3) is 2.17. The number of likely N-dealkylation sites (N-methyl/N-ethyl adjacent to an activating group) is 1. The third-order valence-electron chi connectivity index (χ3n) is 2.55. The fraction of sp³-hybridized carbons (Fsp3) is 1.00. The third-order valence-corrected chi connectivity index (χ3v) is 2.55. The molecule has 0 spiro atoms. The molecule has 2 heteroatoms. The maximum absolute atomic E-state index is 5.57. The molecule has 0 N–H and O–H groups in total. The van der Waals surface area contributed by atoms with Gasteiger partial charge in [-0.15, -0.1) is 0 Å². The molecule has 1 aliphatic rings. The van der Waals surface area contributed by atoms with E-state index < -0.39 is 0 Å². The van der Waals surface area contributed by atoms with Crippen LogP contribution in [0.4, 0.5) is 0 Å². The fourth-order valence-corrected chi connectivity index (χ4v) is 2.02. The van der Waals surface area contributed by atoms with Crippen molar-refractivity contribution in [3.63, 3.8) is 0 Å². The van der Waals surface area contributed by atoms with Gasteiger partial charge in [-0.1, -0.05) is 12.8 Å². The number of rotatable bonds is 3. The second kappa shape index (κ2) is 3.55. The van der Waals surface area contributed by atoms with Crippen molar-refractivity contribution in [2.45, 2.75) is 31.3 Å². The first-order valence-corrected chi connectivity index (χ1v) is 4.38. The summed E-state index contributed by atoms with van der Waals surface area (Å²) in [6.45, 7) is 1.07. The smallest absolute Gasteiger partial charge is 0.0804 e. The van der Waals surface area contributed by atoms with Gasteiger partial charge >= 0.3 is 0 Å². The molecule has 0 radical (unpaired) electrons. The minimum Gasteiger partial charge on any atom is -0.377 e. The molecule has 0 unspecified atom stereocenters. The Balaban J connectivity index is 2.45. The van der Waals surface area contributed by atoms with Gasteiger partial charge in [0.05, 0.1) is 5.60 Å². The molecule has 1 fully saturated rings. The van der Waals surface area contributed by atoms with Crippen molar-refractivity contribution < 1.29 is 4.74 Å². The quantitative estimate of drug-likeness (QED) is 0.615. The van der Waals surface area contributed by atoms with Crippen LogP contribution in [0, 0.1) is 0 Å². The molecular formula is C9H19NO. The Kier molecular flexibility index (Phi) is 2.90. The Morgan fingerprint density at radius 1 is 1.27 bits per heavy atom. The molecule has 1 saturated carbocycles. The van der Waals surface area contributed by atoms with Crippen LogP contribution in [0.1, 0.15) is 25.7 Å². The van der Waals surface area contributed by atoms with Crippen LogP contribution >= 0.6 is 0 Å². The van der Waals surface area contributed by atoms with Crippen LogP contribution in [0.3, 0.4) is 0 Å². The molecular weight excluding hydrogens is 138 g/mol. The second-order valence-electron chi connectivity index (χ2n) is 3.83. The highest BCUT2D eigenvalue weighted by Crippen LogP contribution is 2.32. The monoisotopic (exact) mass is 157 g/mol. The molecule has 0 amide bonds. The van der Waals surface area contributed by atoms with Crippen molar-refractivity contribution in [1.82, 2.24) is 4.90 Å². The maximum Gasteiger partial charge on any atom is 0.0804 e. The molecule has 2 nitrogen and oxygen atoms in total. The van der Waals surface area contributed by atoms with Crippen LogP contribution in [-0.2, 0) is 4.74 Å². The van der Waals surface area contributed by atoms with Gasteiger partial charge in [0.15, 0.2) is 0 Å². The zero-order chi connectivity index (χ0) is 8.32. The molecule has 0 atom stereocenters.